The van der Waals surface area contributed by atoms with Gasteiger partial charge in [0.05, 0.1) is 12.9 Å². The van der Waals surface area contributed by atoms with E-state index in [1.54, 1.807) is 36.5 Å². The third kappa shape index (κ3) is 4.81. The number of hydrogen-bond donors (Lipinski definition) is 0. The normalized spacial score (nSPS) is 13.3. The van der Waals surface area contributed by atoms with Gasteiger partial charge in [-0.1, -0.05) is 23.9 Å². The largest absolute Gasteiger partial charge is 0.497 e. The van der Waals surface area contributed by atoms with Gasteiger partial charge in [-0.2, -0.15) is 0 Å². The summed E-state index contributed by atoms with van der Waals surface area (Å²) < 4.78 is 7.21. The van der Waals surface area contributed by atoms with E-state index in [1.165, 1.54) is 11.8 Å². The van der Waals surface area contributed by atoms with Crippen LogP contribution in [0.5, 0.6) is 5.75 Å². The molecule has 0 saturated carbocycles. The molecule has 0 spiro atoms. The van der Waals surface area contributed by atoms with Gasteiger partial charge < -0.3 is 9.64 Å². The van der Waals surface area contributed by atoms with E-state index in [9.17, 15) is 9.59 Å². The van der Waals surface area contributed by atoms with Gasteiger partial charge >= 0.3 is 0 Å². The van der Waals surface area contributed by atoms with Crippen LogP contribution in [-0.2, 0) is 4.79 Å². The quantitative estimate of drug-likeness (QED) is 0.269. The number of pyridine rings is 1. The number of anilines is 1. The number of ether oxygens (including phenoxy) is 1. The first kappa shape index (κ1) is 22.8. The van der Waals surface area contributed by atoms with Gasteiger partial charge in [-0.15, -0.1) is 10.2 Å². The van der Waals surface area contributed by atoms with Crippen molar-refractivity contribution in [2.75, 3.05) is 24.3 Å². The summed E-state index contributed by atoms with van der Waals surface area (Å²) in [6.45, 7) is 0.688. The van der Waals surface area contributed by atoms with Crippen LogP contribution in [0.1, 0.15) is 23.2 Å². The van der Waals surface area contributed by atoms with Gasteiger partial charge in [0.25, 0.3) is 0 Å². The van der Waals surface area contributed by atoms with E-state index in [2.05, 4.69) is 15.2 Å². The number of methoxy groups -OCH3 is 1. The Morgan fingerprint density at radius 1 is 1.03 bits per heavy atom. The highest BCUT2D eigenvalue weighted by atomic mass is 32.2. The number of carbonyl (C=O) groups excluding carboxylic acids is 2. The topological polar surface area (TPSA) is 90.2 Å². The summed E-state index contributed by atoms with van der Waals surface area (Å²) in [5.41, 5.74) is 3.06. The zero-order chi connectivity index (χ0) is 24.2. The number of rotatable bonds is 8. The van der Waals surface area contributed by atoms with Gasteiger partial charge in [-0.3, -0.25) is 19.1 Å². The Bertz CT molecular complexity index is 1360. The molecule has 1 aliphatic heterocycles. The van der Waals surface area contributed by atoms with Crippen LogP contribution < -0.4 is 9.64 Å². The molecule has 0 atom stereocenters. The Morgan fingerprint density at radius 3 is 2.54 bits per heavy atom. The number of Topliss-reactive ketones (excluding diaryl/α,β-unsaturated/α-hetero) is 1. The van der Waals surface area contributed by atoms with Gasteiger partial charge in [-0.25, -0.2) is 0 Å². The van der Waals surface area contributed by atoms with Crippen molar-refractivity contribution in [1.82, 2.24) is 19.7 Å². The molecule has 176 valence electrons. The van der Waals surface area contributed by atoms with Gasteiger partial charge in [0, 0.05) is 47.9 Å². The third-order valence-corrected chi connectivity index (χ3v) is 6.72. The van der Waals surface area contributed by atoms with E-state index >= 15 is 0 Å². The molecule has 35 heavy (non-hydrogen) atoms. The van der Waals surface area contributed by atoms with E-state index < -0.39 is 0 Å². The highest BCUT2D eigenvalue weighted by molar-refractivity contribution is 7.99. The van der Waals surface area contributed by atoms with Crippen LogP contribution in [0.2, 0.25) is 0 Å². The van der Waals surface area contributed by atoms with E-state index in [0.29, 0.717) is 29.5 Å². The molecule has 0 N–H and O–H groups in total. The smallest absolute Gasteiger partial charge is 0.227 e. The Morgan fingerprint density at radius 2 is 1.83 bits per heavy atom. The third-order valence-electron chi connectivity index (χ3n) is 5.79. The highest BCUT2D eigenvalue weighted by Gasteiger charge is 2.23. The number of benzene rings is 2. The van der Waals surface area contributed by atoms with Gasteiger partial charge in [-0.05, 0) is 55.0 Å². The summed E-state index contributed by atoms with van der Waals surface area (Å²) in [6, 6.07) is 18.6. The molecule has 0 unspecified atom stereocenters. The van der Waals surface area contributed by atoms with Crippen molar-refractivity contribution < 1.29 is 14.3 Å². The van der Waals surface area contributed by atoms with Gasteiger partial charge in [0.1, 0.15) is 5.75 Å². The van der Waals surface area contributed by atoms with Crippen LogP contribution in [0.15, 0.2) is 78.2 Å². The second kappa shape index (κ2) is 10.1. The van der Waals surface area contributed by atoms with Crippen molar-refractivity contribution in [2.24, 2.45) is 0 Å². The molecule has 0 bridgehead atoms. The highest BCUT2D eigenvalue weighted by Crippen LogP contribution is 2.29. The maximum atomic E-state index is 13.1. The maximum absolute atomic E-state index is 13.1. The van der Waals surface area contributed by atoms with E-state index in [4.69, 9.17) is 4.74 Å². The zero-order valence-electron chi connectivity index (χ0n) is 19.1. The SMILES string of the molecule is COc1ccc(-n2c(SCC(=O)c3cccc(N4CCCC4=O)c3)nnc2-c2ccncc2)cc1. The predicted octanol–water partition coefficient (Wildman–Crippen LogP) is 4.44. The standard InChI is InChI=1S/C26H23N5O3S/c1-34-22-9-7-20(8-10-22)31-25(18-11-13-27-14-12-18)28-29-26(31)35-17-23(32)19-4-2-5-21(16-19)30-15-3-6-24(30)33/h2,4-5,7-14,16H,3,6,15,17H2,1H3. The van der Waals surface area contributed by atoms with Crippen LogP contribution in [0.25, 0.3) is 17.1 Å². The molecule has 5 rings (SSSR count). The maximum Gasteiger partial charge on any atom is 0.227 e. The molecule has 8 nitrogen and oxygen atoms in total. The molecule has 1 saturated heterocycles. The Labute approximate surface area is 207 Å². The van der Waals surface area contributed by atoms with Crippen LogP contribution in [0, 0.1) is 0 Å². The summed E-state index contributed by atoms with van der Waals surface area (Å²) in [7, 11) is 1.62. The fourth-order valence-corrected chi connectivity index (χ4v) is 4.84. The lowest BCUT2D eigenvalue weighted by molar-refractivity contribution is -0.117. The van der Waals surface area contributed by atoms with E-state index in [-0.39, 0.29) is 17.4 Å². The summed E-state index contributed by atoms with van der Waals surface area (Å²) in [5, 5.41) is 9.39. The lowest BCUT2D eigenvalue weighted by atomic mass is 10.1. The fourth-order valence-electron chi connectivity index (χ4n) is 4.00. The minimum absolute atomic E-state index is 0.0433. The number of aromatic nitrogens is 4. The Balaban J connectivity index is 1.41. The molecule has 4 aromatic rings. The lowest BCUT2D eigenvalue weighted by Crippen LogP contribution is -2.23. The first-order chi connectivity index (χ1) is 17.1. The first-order valence-corrected chi connectivity index (χ1v) is 12.2. The van der Waals surface area contributed by atoms with Gasteiger partial charge in [0.2, 0.25) is 5.91 Å². The monoisotopic (exact) mass is 485 g/mol. The Kier molecular flexibility index (Phi) is 6.58. The molecule has 2 aromatic heterocycles. The minimum atomic E-state index is -0.0433. The summed E-state index contributed by atoms with van der Waals surface area (Å²) in [4.78, 5) is 31.0. The molecule has 3 heterocycles. The lowest BCUT2D eigenvalue weighted by Gasteiger charge is -2.16. The molecular formula is C26H23N5O3S. The molecule has 1 amide bonds. The molecule has 0 radical (unpaired) electrons. The average Bonchev–Trinajstić information content (AvgIpc) is 3.54. The van der Waals surface area contributed by atoms with Crippen molar-refractivity contribution >= 4 is 29.1 Å². The van der Waals surface area contributed by atoms with Crippen molar-refractivity contribution in [3.05, 3.63) is 78.6 Å². The second-order valence-corrected chi connectivity index (χ2v) is 8.93. The van der Waals surface area contributed by atoms with E-state index in [1.807, 2.05) is 53.1 Å². The molecule has 0 aliphatic carbocycles. The minimum Gasteiger partial charge on any atom is -0.497 e. The van der Waals surface area contributed by atoms with Crippen LogP contribution >= 0.6 is 11.8 Å². The van der Waals surface area contributed by atoms with Crippen LogP contribution in [0.3, 0.4) is 0 Å². The van der Waals surface area contributed by atoms with Crippen LogP contribution in [0.4, 0.5) is 5.69 Å². The summed E-state index contributed by atoms with van der Waals surface area (Å²) in [5.74, 6) is 1.63. The van der Waals surface area contributed by atoms with Gasteiger partial charge in [0.15, 0.2) is 16.8 Å². The number of amides is 1. The van der Waals surface area contributed by atoms with Crippen molar-refractivity contribution in [3.63, 3.8) is 0 Å². The molecule has 1 fully saturated rings. The van der Waals surface area contributed by atoms with E-state index in [0.717, 1.165) is 29.1 Å². The predicted molar refractivity (Wildman–Crippen MR) is 134 cm³/mol. The van der Waals surface area contributed by atoms with Crippen LogP contribution in [-0.4, -0.2) is 50.8 Å². The fraction of sp³-hybridized carbons (Fsp3) is 0.192. The number of carbonyl (C=O) groups is 2. The molecule has 1 aliphatic rings. The molecule has 9 heteroatoms. The average molecular weight is 486 g/mol. The second-order valence-electron chi connectivity index (χ2n) is 7.99. The number of nitrogens with zero attached hydrogens (tertiary/aromatic N) is 5. The van der Waals surface area contributed by atoms with Crippen molar-refractivity contribution in [1.29, 1.82) is 0 Å². The van der Waals surface area contributed by atoms with Crippen molar-refractivity contribution in [3.8, 4) is 22.8 Å². The first-order valence-electron chi connectivity index (χ1n) is 11.2. The summed E-state index contributed by atoms with van der Waals surface area (Å²) in [6.07, 6.45) is 4.80. The number of ketones is 1. The summed E-state index contributed by atoms with van der Waals surface area (Å²) >= 11 is 1.32. The zero-order valence-corrected chi connectivity index (χ0v) is 19.9. The molecular weight excluding hydrogens is 462 g/mol. The number of thioether (sulfide) groups is 1. The van der Waals surface area contributed by atoms with Crippen molar-refractivity contribution in [2.45, 2.75) is 18.0 Å². The Hall–Kier alpha value is -3.98. The molecule has 2 aromatic carbocycles. The number of hydrogen-bond acceptors (Lipinski definition) is 7.